The zero-order valence-electron chi connectivity index (χ0n) is 18.0. The number of halogens is 3. The maximum Gasteiger partial charge on any atom is 0.416 e. The fourth-order valence-corrected chi connectivity index (χ4v) is 3.91. The maximum absolute atomic E-state index is 13.3. The molecule has 168 valence electrons. The highest BCUT2D eigenvalue weighted by Gasteiger charge is 2.32. The summed E-state index contributed by atoms with van der Waals surface area (Å²) in [4.78, 5) is 15.0. The number of amides is 1. The van der Waals surface area contributed by atoms with Gasteiger partial charge in [0.05, 0.1) is 18.8 Å². The number of hydrogen-bond donors (Lipinski definition) is 0. The van der Waals surface area contributed by atoms with E-state index in [1.165, 1.54) is 12.1 Å². The highest BCUT2D eigenvalue weighted by atomic mass is 19.4. The molecule has 0 saturated heterocycles. The lowest BCUT2D eigenvalue weighted by Crippen LogP contribution is -2.38. The number of carbonyl (C=O) groups is 1. The SMILES string of the molecule is COc1ccc(CN(C(=O)c2ccc(C(F)(F)F)cc2)C2CCCC2)cc1OC(C)C. The van der Waals surface area contributed by atoms with E-state index in [0.29, 0.717) is 18.0 Å². The van der Waals surface area contributed by atoms with Crippen LogP contribution in [0.5, 0.6) is 11.5 Å². The van der Waals surface area contributed by atoms with Gasteiger partial charge in [-0.2, -0.15) is 13.2 Å². The number of benzene rings is 2. The third-order valence-corrected chi connectivity index (χ3v) is 5.43. The van der Waals surface area contributed by atoms with Crippen molar-refractivity contribution in [2.24, 2.45) is 0 Å². The molecule has 7 heteroatoms. The van der Waals surface area contributed by atoms with Crippen molar-refractivity contribution >= 4 is 5.91 Å². The van der Waals surface area contributed by atoms with Gasteiger partial charge in [-0.25, -0.2) is 0 Å². The number of methoxy groups -OCH3 is 1. The summed E-state index contributed by atoms with van der Waals surface area (Å²) in [6.07, 6.45) is -0.625. The topological polar surface area (TPSA) is 38.8 Å². The van der Waals surface area contributed by atoms with Crippen molar-refractivity contribution < 1.29 is 27.4 Å². The molecule has 0 radical (unpaired) electrons. The van der Waals surface area contributed by atoms with Gasteiger partial charge < -0.3 is 14.4 Å². The van der Waals surface area contributed by atoms with Crippen molar-refractivity contribution in [2.45, 2.75) is 64.4 Å². The fraction of sp³-hybridized carbons (Fsp3) is 0.458. The molecule has 3 rings (SSSR count). The van der Waals surface area contributed by atoms with Crippen molar-refractivity contribution in [3.63, 3.8) is 0 Å². The van der Waals surface area contributed by atoms with Crippen LogP contribution in [0.1, 0.15) is 61.0 Å². The van der Waals surface area contributed by atoms with Crippen LogP contribution in [0.15, 0.2) is 42.5 Å². The zero-order valence-corrected chi connectivity index (χ0v) is 18.0. The van der Waals surface area contributed by atoms with E-state index in [1.807, 2.05) is 32.0 Å². The van der Waals surface area contributed by atoms with E-state index in [4.69, 9.17) is 9.47 Å². The van der Waals surface area contributed by atoms with Gasteiger partial charge in [0.2, 0.25) is 0 Å². The van der Waals surface area contributed by atoms with Gasteiger partial charge in [-0.05, 0) is 68.7 Å². The van der Waals surface area contributed by atoms with Crippen LogP contribution in [-0.4, -0.2) is 30.1 Å². The monoisotopic (exact) mass is 435 g/mol. The molecule has 2 aromatic carbocycles. The maximum atomic E-state index is 13.3. The van der Waals surface area contributed by atoms with E-state index in [2.05, 4.69) is 0 Å². The molecule has 2 aromatic rings. The van der Waals surface area contributed by atoms with Gasteiger partial charge in [-0.1, -0.05) is 18.9 Å². The molecule has 0 atom stereocenters. The number of nitrogens with zero attached hydrogens (tertiary/aromatic N) is 1. The highest BCUT2D eigenvalue weighted by Crippen LogP contribution is 2.33. The first-order chi connectivity index (χ1) is 14.7. The van der Waals surface area contributed by atoms with Gasteiger partial charge in [0.1, 0.15) is 0 Å². The van der Waals surface area contributed by atoms with Crippen molar-refractivity contribution in [1.29, 1.82) is 0 Å². The van der Waals surface area contributed by atoms with Crippen molar-refractivity contribution in [2.75, 3.05) is 7.11 Å². The first kappa shape index (κ1) is 23.0. The zero-order chi connectivity index (χ0) is 22.6. The Morgan fingerprint density at radius 3 is 2.26 bits per heavy atom. The summed E-state index contributed by atoms with van der Waals surface area (Å²) in [7, 11) is 1.57. The van der Waals surface area contributed by atoms with Crippen molar-refractivity contribution in [3.05, 3.63) is 59.2 Å². The Hall–Kier alpha value is -2.70. The summed E-state index contributed by atoms with van der Waals surface area (Å²) in [5.41, 5.74) is 0.373. The molecule has 0 N–H and O–H groups in total. The van der Waals surface area contributed by atoms with Crippen molar-refractivity contribution in [1.82, 2.24) is 4.90 Å². The number of alkyl halides is 3. The molecule has 4 nitrogen and oxygen atoms in total. The van der Waals surface area contributed by atoms with E-state index in [9.17, 15) is 18.0 Å². The minimum Gasteiger partial charge on any atom is -0.493 e. The average Bonchev–Trinajstić information content (AvgIpc) is 3.25. The Bertz CT molecular complexity index is 888. The lowest BCUT2D eigenvalue weighted by atomic mass is 10.1. The Kier molecular flexibility index (Phi) is 7.13. The molecule has 1 aliphatic carbocycles. The Morgan fingerprint density at radius 1 is 1.06 bits per heavy atom. The summed E-state index contributed by atoms with van der Waals surface area (Å²) >= 11 is 0. The normalized spacial score (nSPS) is 14.7. The molecule has 1 amide bonds. The summed E-state index contributed by atoms with van der Waals surface area (Å²) in [6.45, 7) is 4.19. The Labute approximate surface area is 181 Å². The summed E-state index contributed by atoms with van der Waals surface area (Å²) in [6, 6.07) is 10.1. The third kappa shape index (κ3) is 5.71. The standard InChI is InChI=1S/C24H28F3NO3/c1-16(2)31-22-14-17(8-13-21(22)30-3)15-28(20-6-4-5-7-20)23(29)18-9-11-19(12-10-18)24(25,26)27/h8-14,16,20H,4-7,15H2,1-3H3. The van der Waals surface area contributed by atoms with E-state index < -0.39 is 11.7 Å². The first-order valence-electron chi connectivity index (χ1n) is 10.5. The van der Waals surface area contributed by atoms with Crippen LogP contribution in [0.4, 0.5) is 13.2 Å². The summed E-state index contributed by atoms with van der Waals surface area (Å²) in [5.74, 6) is 0.949. The van der Waals surface area contributed by atoms with Crippen LogP contribution in [0.3, 0.4) is 0 Å². The van der Waals surface area contributed by atoms with Gasteiger partial charge in [-0.15, -0.1) is 0 Å². The quantitative estimate of drug-likeness (QED) is 0.529. The van der Waals surface area contributed by atoms with Crippen molar-refractivity contribution in [3.8, 4) is 11.5 Å². The molecule has 0 aromatic heterocycles. The largest absolute Gasteiger partial charge is 0.493 e. The van der Waals surface area contributed by atoms with Gasteiger partial charge >= 0.3 is 6.18 Å². The summed E-state index contributed by atoms with van der Waals surface area (Å²) < 4.78 is 49.9. The predicted molar refractivity (Wildman–Crippen MR) is 112 cm³/mol. The van der Waals surface area contributed by atoms with Gasteiger partial charge in [0.15, 0.2) is 11.5 Å². The smallest absolute Gasteiger partial charge is 0.416 e. The first-order valence-corrected chi connectivity index (χ1v) is 10.5. The highest BCUT2D eigenvalue weighted by molar-refractivity contribution is 5.94. The second-order valence-electron chi connectivity index (χ2n) is 8.10. The number of rotatable bonds is 7. The molecule has 0 unspecified atom stereocenters. The van der Waals surface area contributed by atoms with Crippen LogP contribution < -0.4 is 9.47 Å². The van der Waals surface area contributed by atoms with Crippen LogP contribution in [0.25, 0.3) is 0 Å². The molecular weight excluding hydrogens is 407 g/mol. The summed E-state index contributed by atoms with van der Waals surface area (Å²) in [5, 5.41) is 0. The molecule has 0 bridgehead atoms. The minimum atomic E-state index is -4.43. The molecule has 31 heavy (non-hydrogen) atoms. The van der Waals surface area contributed by atoms with Gasteiger partial charge in [0.25, 0.3) is 5.91 Å². The molecule has 0 spiro atoms. The second-order valence-corrected chi connectivity index (χ2v) is 8.10. The van der Waals surface area contributed by atoms with Gasteiger partial charge in [-0.3, -0.25) is 4.79 Å². The fourth-order valence-electron chi connectivity index (χ4n) is 3.91. The molecular formula is C24H28F3NO3. The van der Waals surface area contributed by atoms with Crippen LogP contribution in [0.2, 0.25) is 0 Å². The molecule has 0 heterocycles. The van der Waals surface area contributed by atoms with Gasteiger partial charge in [0, 0.05) is 18.2 Å². The van der Waals surface area contributed by atoms with E-state index in [0.717, 1.165) is 43.4 Å². The Balaban J connectivity index is 1.87. The lowest BCUT2D eigenvalue weighted by molar-refractivity contribution is -0.137. The second kappa shape index (κ2) is 9.62. The molecule has 1 aliphatic rings. The van der Waals surface area contributed by atoms with E-state index in [1.54, 1.807) is 12.0 Å². The Morgan fingerprint density at radius 2 is 1.71 bits per heavy atom. The minimum absolute atomic E-state index is 0.0381. The van der Waals surface area contributed by atoms with Crippen LogP contribution >= 0.6 is 0 Å². The molecule has 1 saturated carbocycles. The predicted octanol–water partition coefficient (Wildman–Crippen LogP) is 6.09. The number of hydrogen-bond acceptors (Lipinski definition) is 3. The number of ether oxygens (including phenoxy) is 2. The lowest BCUT2D eigenvalue weighted by Gasteiger charge is -2.30. The van der Waals surface area contributed by atoms with E-state index >= 15 is 0 Å². The third-order valence-electron chi connectivity index (χ3n) is 5.43. The van der Waals surface area contributed by atoms with Crippen LogP contribution in [-0.2, 0) is 12.7 Å². The molecule has 0 aliphatic heterocycles. The van der Waals surface area contributed by atoms with E-state index in [-0.39, 0.29) is 23.6 Å². The number of carbonyl (C=O) groups excluding carboxylic acids is 1. The molecule has 1 fully saturated rings. The average molecular weight is 435 g/mol. The van der Waals surface area contributed by atoms with Crippen LogP contribution in [0, 0.1) is 0 Å².